The summed E-state index contributed by atoms with van der Waals surface area (Å²) in [7, 11) is 0. The Morgan fingerprint density at radius 1 is 0.309 bits per heavy atom. The van der Waals surface area contributed by atoms with Crippen LogP contribution in [0.4, 0.5) is 17.1 Å². The second-order valence-electron chi connectivity index (χ2n) is 18.3. The van der Waals surface area contributed by atoms with E-state index in [9.17, 15) is 0 Å². The lowest BCUT2D eigenvalue weighted by atomic mass is 9.65. The van der Waals surface area contributed by atoms with Gasteiger partial charge in [0.05, 0.1) is 16.5 Å². The normalized spacial score (nSPS) is 15.4. The van der Waals surface area contributed by atoms with Gasteiger partial charge in [0, 0.05) is 28.1 Å². The third kappa shape index (κ3) is 5.29. The Morgan fingerprint density at radius 3 is 1.46 bits per heavy atom. The molecule has 1 unspecified atom stereocenters. The first-order valence-electron chi connectivity index (χ1n) is 23.6. The summed E-state index contributed by atoms with van der Waals surface area (Å²) in [5.74, 6) is 1.77. The minimum absolute atomic E-state index is 0.560. The zero-order valence-electron chi connectivity index (χ0n) is 37.2. The molecule has 0 bridgehead atoms. The van der Waals surface area contributed by atoms with Gasteiger partial charge in [0.15, 0.2) is 0 Å². The van der Waals surface area contributed by atoms with E-state index in [2.05, 4.69) is 266 Å². The molecule has 2 aliphatic carbocycles. The molecule has 68 heavy (non-hydrogen) atoms. The van der Waals surface area contributed by atoms with Crippen LogP contribution >= 0.6 is 0 Å². The number of anilines is 3. The van der Waals surface area contributed by atoms with Gasteiger partial charge >= 0.3 is 0 Å². The molecule has 0 saturated heterocycles. The van der Waals surface area contributed by atoms with Gasteiger partial charge in [0.2, 0.25) is 0 Å². The highest BCUT2D eigenvalue weighted by molar-refractivity contribution is 5.99. The van der Waals surface area contributed by atoms with E-state index in [4.69, 9.17) is 4.74 Å². The largest absolute Gasteiger partial charge is 0.457 e. The third-order valence-corrected chi connectivity index (χ3v) is 15.0. The lowest BCUT2D eigenvalue weighted by molar-refractivity contribution is 0.438. The summed E-state index contributed by atoms with van der Waals surface area (Å²) in [6.45, 7) is 0. The third-order valence-electron chi connectivity index (χ3n) is 15.0. The standard InChI is InChI=1S/C66H43NO/c1-4-20-44(21-5-1)50-27-14-18-34-61(50)67(48-37-39-54-52-29-12-15-31-56(52)65(59(54)42-48,46-23-6-2-7-24-46)47-25-8-3-9-26-47)49-38-40-55-53-30-13-16-32-57(53)66(60(55)43-49)58-33-17-19-35-62(58)68-63-41-36-45-22-10-11-28-51(45)64(63)66/h1-43H. The van der Waals surface area contributed by atoms with Crippen molar-refractivity contribution < 1.29 is 4.74 Å². The molecule has 1 spiro atoms. The summed E-state index contributed by atoms with van der Waals surface area (Å²) in [5.41, 5.74) is 19.2. The summed E-state index contributed by atoms with van der Waals surface area (Å²) in [4.78, 5) is 2.51. The summed E-state index contributed by atoms with van der Waals surface area (Å²) in [5, 5.41) is 2.38. The molecule has 0 saturated carbocycles. The molecular weight excluding hydrogens is 823 g/mol. The average Bonchev–Trinajstić information content (AvgIpc) is 3.87. The predicted molar refractivity (Wildman–Crippen MR) is 279 cm³/mol. The zero-order chi connectivity index (χ0) is 44.8. The van der Waals surface area contributed by atoms with Crippen molar-refractivity contribution >= 4 is 27.8 Å². The van der Waals surface area contributed by atoms with Crippen LogP contribution in [0.1, 0.15) is 44.5 Å². The monoisotopic (exact) mass is 865 g/mol. The number of ether oxygens (including phenoxy) is 1. The van der Waals surface area contributed by atoms with Crippen LogP contribution in [-0.4, -0.2) is 0 Å². The van der Waals surface area contributed by atoms with Gasteiger partial charge in [0.25, 0.3) is 0 Å². The summed E-state index contributed by atoms with van der Waals surface area (Å²) < 4.78 is 6.93. The second kappa shape index (κ2) is 14.9. The highest BCUT2D eigenvalue weighted by atomic mass is 16.5. The van der Waals surface area contributed by atoms with Gasteiger partial charge in [-0.3, -0.25) is 0 Å². The first-order chi connectivity index (χ1) is 33.7. The fourth-order valence-electron chi connectivity index (χ4n) is 12.3. The van der Waals surface area contributed by atoms with Crippen LogP contribution in [0.3, 0.4) is 0 Å². The molecule has 0 fully saturated rings. The molecule has 1 heterocycles. The maximum Gasteiger partial charge on any atom is 0.132 e. The van der Waals surface area contributed by atoms with Crippen molar-refractivity contribution in [2.24, 2.45) is 0 Å². The van der Waals surface area contributed by atoms with E-state index < -0.39 is 10.8 Å². The van der Waals surface area contributed by atoms with E-state index in [1.54, 1.807) is 0 Å². The quantitative estimate of drug-likeness (QED) is 0.165. The smallest absolute Gasteiger partial charge is 0.132 e. The Balaban J connectivity index is 1.08. The fraction of sp³-hybridized carbons (Fsp3) is 0.0303. The van der Waals surface area contributed by atoms with Gasteiger partial charge in [-0.2, -0.15) is 0 Å². The van der Waals surface area contributed by atoms with Crippen molar-refractivity contribution in [2.45, 2.75) is 10.8 Å². The molecule has 0 amide bonds. The SMILES string of the molecule is c1ccc(-c2ccccc2N(c2ccc3c(c2)C(c2ccccc2)(c2ccccc2)c2ccccc2-3)c2ccc3c(c2)C2(c4ccccc4Oc4ccc5ccccc5c42)c2ccccc2-3)cc1. The molecule has 2 heteroatoms. The summed E-state index contributed by atoms with van der Waals surface area (Å²) in [6.07, 6.45) is 0. The zero-order valence-corrected chi connectivity index (χ0v) is 37.2. The highest BCUT2D eigenvalue weighted by Gasteiger charge is 2.52. The Morgan fingerprint density at radius 2 is 0.794 bits per heavy atom. The van der Waals surface area contributed by atoms with Crippen molar-refractivity contribution in [1.82, 2.24) is 0 Å². The summed E-state index contributed by atoms with van der Waals surface area (Å²) >= 11 is 0. The molecule has 0 radical (unpaired) electrons. The number of hydrogen-bond donors (Lipinski definition) is 0. The number of hydrogen-bond acceptors (Lipinski definition) is 2. The molecule has 11 aromatic rings. The van der Waals surface area contributed by atoms with Gasteiger partial charge in [-0.25, -0.2) is 0 Å². The first kappa shape index (κ1) is 38.5. The Hall–Kier alpha value is -8.72. The van der Waals surface area contributed by atoms with Crippen LogP contribution in [0, 0.1) is 0 Å². The van der Waals surface area contributed by atoms with Crippen LogP contribution in [0.15, 0.2) is 261 Å². The van der Waals surface area contributed by atoms with Crippen molar-refractivity contribution in [2.75, 3.05) is 4.90 Å². The average molecular weight is 866 g/mol. The molecule has 318 valence electrons. The number of nitrogens with zero attached hydrogens (tertiary/aromatic N) is 1. The fourth-order valence-corrected chi connectivity index (χ4v) is 12.3. The number of rotatable bonds is 6. The maximum atomic E-state index is 6.93. The Labute approximate surface area is 396 Å². The molecule has 11 aromatic carbocycles. The first-order valence-corrected chi connectivity index (χ1v) is 23.6. The van der Waals surface area contributed by atoms with E-state index in [-0.39, 0.29) is 0 Å². The minimum Gasteiger partial charge on any atom is -0.457 e. The van der Waals surface area contributed by atoms with Gasteiger partial charge in [0.1, 0.15) is 11.5 Å². The predicted octanol–water partition coefficient (Wildman–Crippen LogP) is 16.8. The molecular formula is C66H43NO. The van der Waals surface area contributed by atoms with Gasteiger partial charge in [-0.05, 0) is 114 Å². The molecule has 0 aromatic heterocycles. The summed E-state index contributed by atoms with van der Waals surface area (Å²) in [6, 6.07) is 96.2. The van der Waals surface area contributed by atoms with Crippen LogP contribution in [0.25, 0.3) is 44.2 Å². The second-order valence-corrected chi connectivity index (χ2v) is 18.3. The Bertz CT molecular complexity index is 3740. The Kier molecular flexibility index (Phi) is 8.45. The van der Waals surface area contributed by atoms with Gasteiger partial charge in [-0.1, -0.05) is 218 Å². The van der Waals surface area contributed by atoms with Crippen molar-refractivity contribution in [3.05, 3.63) is 305 Å². The molecule has 2 nitrogen and oxygen atoms in total. The van der Waals surface area contributed by atoms with Crippen LogP contribution in [-0.2, 0) is 10.8 Å². The van der Waals surface area contributed by atoms with E-state index in [0.717, 1.165) is 45.3 Å². The lowest BCUT2D eigenvalue weighted by Crippen LogP contribution is -2.32. The van der Waals surface area contributed by atoms with E-state index >= 15 is 0 Å². The van der Waals surface area contributed by atoms with Gasteiger partial charge in [-0.15, -0.1) is 0 Å². The molecule has 1 atom stereocenters. The van der Waals surface area contributed by atoms with E-state index in [1.807, 2.05) is 0 Å². The maximum absolute atomic E-state index is 6.93. The van der Waals surface area contributed by atoms with E-state index in [0.29, 0.717) is 0 Å². The topological polar surface area (TPSA) is 12.5 Å². The van der Waals surface area contributed by atoms with Crippen molar-refractivity contribution in [3.63, 3.8) is 0 Å². The van der Waals surface area contributed by atoms with Crippen LogP contribution in [0.5, 0.6) is 11.5 Å². The molecule has 1 aliphatic heterocycles. The van der Waals surface area contributed by atoms with E-state index in [1.165, 1.54) is 72.0 Å². The van der Waals surface area contributed by atoms with Gasteiger partial charge < -0.3 is 9.64 Å². The van der Waals surface area contributed by atoms with Crippen LogP contribution < -0.4 is 9.64 Å². The van der Waals surface area contributed by atoms with Crippen LogP contribution in [0.2, 0.25) is 0 Å². The number of fused-ring (bicyclic) bond motifs is 14. The number of benzene rings is 11. The molecule has 3 aliphatic rings. The number of para-hydroxylation sites is 2. The minimum atomic E-state index is -0.674. The highest BCUT2D eigenvalue weighted by Crippen LogP contribution is 2.64. The molecule has 14 rings (SSSR count). The van der Waals surface area contributed by atoms with Crippen molar-refractivity contribution in [3.8, 4) is 44.9 Å². The molecule has 0 N–H and O–H groups in total. The lowest BCUT2D eigenvalue weighted by Gasteiger charge is -2.40. The van der Waals surface area contributed by atoms with Crippen molar-refractivity contribution in [1.29, 1.82) is 0 Å².